The van der Waals surface area contributed by atoms with Crippen LogP contribution < -0.4 is 0 Å². The van der Waals surface area contributed by atoms with Crippen LogP contribution in [0.1, 0.15) is 35.0 Å². The van der Waals surface area contributed by atoms with E-state index in [1.54, 1.807) is 17.0 Å². The Kier molecular flexibility index (Phi) is 5.48. The number of nitrogens with zero attached hydrogens (tertiary/aromatic N) is 2. The van der Waals surface area contributed by atoms with Crippen LogP contribution in [0.25, 0.3) is 0 Å². The van der Waals surface area contributed by atoms with Gasteiger partial charge in [0, 0.05) is 13.1 Å². The fraction of sp³-hybridized carbons (Fsp3) is 0.250. The van der Waals surface area contributed by atoms with E-state index in [-0.39, 0.29) is 11.1 Å². The number of rotatable bonds is 5. The van der Waals surface area contributed by atoms with E-state index in [0.717, 1.165) is 12.0 Å². The molecule has 0 fully saturated rings. The van der Waals surface area contributed by atoms with Crippen molar-refractivity contribution >= 4 is 29.1 Å². The number of hydrogen-bond acceptors (Lipinski definition) is 2. The third-order valence-electron chi connectivity index (χ3n) is 3.19. The molecular formula is C16H15Cl2N3O. The summed E-state index contributed by atoms with van der Waals surface area (Å²) in [6.45, 7) is 3.09. The second-order valence-electron chi connectivity index (χ2n) is 4.88. The molecule has 0 atom stereocenters. The molecule has 0 bridgehead atoms. The van der Waals surface area contributed by atoms with Gasteiger partial charge in [0.25, 0.3) is 5.91 Å². The van der Waals surface area contributed by atoms with Crippen molar-refractivity contribution < 1.29 is 4.79 Å². The number of amides is 1. The Labute approximate surface area is 139 Å². The molecular weight excluding hydrogens is 321 g/mol. The molecule has 0 unspecified atom stereocenters. The van der Waals surface area contributed by atoms with E-state index in [1.807, 2.05) is 19.1 Å². The lowest BCUT2D eigenvalue weighted by Gasteiger charge is -2.21. The lowest BCUT2D eigenvalue weighted by Crippen LogP contribution is -2.31. The van der Waals surface area contributed by atoms with Crippen molar-refractivity contribution in [1.29, 1.82) is 5.26 Å². The number of H-pyrrole nitrogens is 1. The maximum Gasteiger partial charge on any atom is 0.270 e. The second-order valence-corrected chi connectivity index (χ2v) is 5.67. The zero-order chi connectivity index (χ0) is 16.1. The number of carbonyl (C=O) groups excluding carboxylic acids is 1. The number of aromatic nitrogens is 1. The molecule has 1 N–H and O–H groups in total. The molecule has 0 aliphatic carbocycles. The van der Waals surface area contributed by atoms with Crippen LogP contribution in [0.2, 0.25) is 10.2 Å². The molecule has 0 aliphatic rings. The van der Waals surface area contributed by atoms with Crippen molar-refractivity contribution in [1.82, 2.24) is 9.88 Å². The summed E-state index contributed by atoms with van der Waals surface area (Å²) < 4.78 is 0. The van der Waals surface area contributed by atoms with E-state index in [1.165, 1.54) is 6.07 Å². The Morgan fingerprint density at radius 1 is 1.32 bits per heavy atom. The average Bonchev–Trinajstić information content (AvgIpc) is 2.86. The largest absolute Gasteiger partial charge is 0.340 e. The van der Waals surface area contributed by atoms with Crippen molar-refractivity contribution in [3.63, 3.8) is 0 Å². The van der Waals surface area contributed by atoms with Crippen LogP contribution in [0, 0.1) is 11.3 Å². The summed E-state index contributed by atoms with van der Waals surface area (Å²) in [6.07, 6.45) is 0.837. The number of carbonyl (C=O) groups is 1. The molecule has 2 aromatic rings. The Morgan fingerprint density at radius 3 is 2.50 bits per heavy atom. The minimum atomic E-state index is -0.153. The van der Waals surface area contributed by atoms with Gasteiger partial charge >= 0.3 is 0 Å². The van der Waals surface area contributed by atoms with Crippen LogP contribution in [0.4, 0.5) is 0 Å². The third kappa shape index (κ3) is 3.82. The lowest BCUT2D eigenvalue weighted by molar-refractivity contribution is 0.0738. The SMILES string of the molecule is CCCN(Cc1ccc(C#N)cc1)C(=O)c1cc(Cl)c(Cl)[nH]1. The molecule has 1 aromatic carbocycles. The quantitative estimate of drug-likeness (QED) is 0.887. The van der Waals surface area contributed by atoms with Gasteiger partial charge in [0.2, 0.25) is 0 Å². The summed E-state index contributed by atoms with van der Waals surface area (Å²) in [4.78, 5) is 17.1. The van der Waals surface area contributed by atoms with E-state index in [0.29, 0.717) is 29.4 Å². The zero-order valence-corrected chi connectivity index (χ0v) is 13.6. The van der Waals surface area contributed by atoms with E-state index in [4.69, 9.17) is 28.5 Å². The van der Waals surface area contributed by atoms with Gasteiger partial charge in [0.1, 0.15) is 10.8 Å². The summed E-state index contributed by atoms with van der Waals surface area (Å²) >= 11 is 11.7. The van der Waals surface area contributed by atoms with Gasteiger partial charge < -0.3 is 9.88 Å². The predicted octanol–water partition coefficient (Wildman–Crippen LogP) is 4.25. The third-order valence-corrected chi connectivity index (χ3v) is 3.89. The predicted molar refractivity (Wildman–Crippen MR) is 87.0 cm³/mol. The molecule has 0 spiro atoms. The monoisotopic (exact) mass is 335 g/mol. The summed E-state index contributed by atoms with van der Waals surface area (Å²) in [5.41, 5.74) is 1.93. The van der Waals surface area contributed by atoms with Gasteiger partial charge in [-0.05, 0) is 30.2 Å². The van der Waals surface area contributed by atoms with Crippen molar-refractivity contribution in [2.24, 2.45) is 0 Å². The summed E-state index contributed by atoms with van der Waals surface area (Å²) in [6, 6.07) is 10.8. The molecule has 6 heteroatoms. The van der Waals surface area contributed by atoms with Crippen LogP contribution in [0.3, 0.4) is 0 Å². The topological polar surface area (TPSA) is 59.9 Å². The van der Waals surface area contributed by atoms with Crippen molar-refractivity contribution in [3.8, 4) is 6.07 Å². The summed E-state index contributed by atoms with van der Waals surface area (Å²) in [5, 5.41) is 9.41. The lowest BCUT2D eigenvalue weighted by atomic mass is 10.1. The van der Waals surface area contributed by atoms with Crippen LogP contribution in [0.5, 0.6) is 0 Å². The standard InChI is InChI=1S/C16H15Cl2N3O/c1-2-7-21(10-12-5-3-11(9-19)4-6-12)16(22)14-8-13(17)15(18)20-14/h3-6,8,20H,2,7,10H2,1H3. The fourth-order valence-electron chi connectivity index (χ4n) is 2.12. The fourth-order valence-corrected chi connectivity index (χ4v) is 2.43. The molecule has 1 heterocycles. The van der Waals surface area contributed by atoms with E-state index < -0.39 is 0 Å². The Balaban J connectivity index is 2.18. The highest BCUT2D eigenvalue weighted by Gasteiger charge is 2.18. The second kappa shape index (κ2) is 7.35. The van der Waals surface area contributed by atoms with Crippen molar-refractivity contribution in [3.05, 3.63) is 57.3 Å². The highest BCUT2D eigenvalue weighted by molar-refractivity contribution is 6.41. The molecule has 0 radical (unpaired) electrons. The molecule has 22 heavy (non-hydrogen) atoms. The number of aromatic amines is 1. The molecule has 1 amide bonds. The number of halogens is 2. The van der Waals surface area contributed by atoms with Crippen molar-refractivity contribution in [2.75, 3.05) is 6.54 Å². The summed E-state index contributed by atoms with van der Waals surface area (Å²) in [5.74, 6) is -0.153. The molecule has 4 nitrogen and oxygen atoms in total. The maximum atomic E-state index is 12.6. The van der Waals surface area contributed by atoms with Crippen LogP contribution in [-0.2, 0) is 6.54 Å². The Bertz CT molecular complexity index is 682. The van der Waals surface area contributed by atoms with Crippen LogP contribution in [-0.4, -0.2) is 22.3 Å². The first-order valence-corrected chi connectivity index (χ1v) is 7.63. The number of nitrogens with one attached hydrogen (secondary N) is 1. The molecule has 114 valence electrons. The first-order chi connectivity index (χ1) is 10.5. The molecule has 0 saturated heterocycles. The zero-order valence-electron chi connectivity index (χ0n) is 12.1. The molecule has 1 aromatic heterocycles. The minimum absolute atomic E-state index is 0.153. The summed E-state index contributed by atoms with van der Waals surface area (Å²) in [7, 11) is 0. The van der Waals surface area contributed by atoms with Gasteiger partial charge in [0.05, 0.1) is 16.7 Å². The normalized spacial score (nSPS) is 10.3. The van der Waals surface area contributed by atoms with Gasteiger partial charge in [-0.1, -0.05) is 42.3 Å². The van der Waals surface area contributed by atoms with Crippen LogP contribution in [0.15, 0.2) is 30.3 Å². The highest BCUT2D eigenvalue weighted by Crippen LogP contribution is 2.23. The first kappa shape index (κ1) is 16.4. The van der Waals surface area contributed by atoms with E-state index in [2.05, 4.69) is 11.1 Å². The number of benzene rings is 1. The number of nitriles is 1. The molecule has 0 saturated carbocycles. The Hall–Kier alpha value is -1.96. The highest BCUT2D eigenvalue weighted by atomic mass is 35.5. The van der Waals surface area contributed by atoms with Gasteiger partial charge in [-0.2, -0.15) is 5.26 Å². The van der Waals surface area contributed by atoms with Gasteiger partial charge in [0.15, 0.2) is 0 Å². The number of hydrogen-bond donors (Lipinski definition) is 1. The first-order valence-electron chi connectivity index (χ1n) is 6.87. The van der Waals surface area contributed by atoms with Gasteiger partial charge in [-0.15, -0.1) is 0 Å². The van der Waals surface area contributed by atoms with Crippen LogP contribution >= 0.6 is 23.2 Å². The van der Waals surface area contributed by atoms with E-state index in [9.17, 15) is 4.79 Å². The Morgan fingerprint density at radius 2 is 2.00 bits per heavy atom. The van der Waals surface area contributed by atoms with Gasteiger partial charge in [-0.25, -0.2) is 0 Å². The van der Waals surface area contributed by atoms with E-state index >= 15 is 0 Å². The van der Waals surface area contributed by atoms with Crippen molar-refractivity contribution in [2.45, 2.75) is 19.9 Å². The molecule has 2 rings (SSSR count). The average molecular weight is 336 g/mol. The minimum Gasteiger partial charge on any atom is -0.340 e. The molecule has 0 aliphatic heterocycles. The maximum absolute atomic E-state index is 12.6. The van der Waals surface area contributed by atoms with Gasteiger partial charge in [-0.3, -0.25) is 4.79 Å². The smallest absolute Gasteiger partial charge is 0.270 e.